The van der Waals surface area contributed by atoms with Gasteiger partial charge < -0.3 is 15.5 Å². The average Bonchev–Trinajstić information content (AvgIpc) is 2.80. The van der Waals surface area contributed by atoms with Gasteiger partial charge in [-0.2, -0.15) is 0 Å². The summed E-state index contributed by atoms with van der Waals surface area (Å²) in [4.78, 5) is 5.22. The fraction of sp³-hybridized carbons (Fsp3) is 1.00. The quantitative estimate of drug-likeness (QED) is 0.745. The van der Waals surface area contributed by atoms with Crippen LogP contribution >= 0.6 is 0 Å². The number of nitrogens with two attached hydrogens (primary N) is 1. The zero-order chi connectivity index (χ0) is 10.5. The fourth-order valence-corrected chi connectivity index (χ4v) is 2.73. The van der Waals surface area contributed by atoms with Crippen LogP contribution in [0, 0.1) is 5.92 Å². The molecule has 0 aromatic carbocycles. The van der Waals surface area contributed by atoms with Crippen LogP contribution in [0.15, 0.2) is 0 Å². The minimum atomic E-state index is 0.799. The minimum Gasteiger partial charge on any atom is -0.330 e. The predicted molar refractivity (Wildman–Crippen MR) is 63.9 cm³/mol. The van der Waals surface area contributed by atoms with Crippen molar-refractivity contribution in [3.8, 4) is 0 Å². The molecule has 3 heteroatoms. The molecule has 2 saturated heterocycles. The van der Waals surface area contributed by atoms with Crippen molar-refractivity contribution in [3.63, 3.8) is 0 Å². The molecule has 0 aromatic heterocycles. The molecule has 0 saturated carbocycles. The van der Waals surface area contributed by atoms with Crippen LogP contribution < -0.4 is 5.73 Å². The van der Waals surface area contributed by atoms with Crippen molar-refractivity contribution in [2.24, 2.45) is 11.7 Å². The maximum Gasteiger partial charge on any atom is 0.0109 e. The normalized spacial score (nSPS) is 26.2. The van der Waals surface area contributed by atoms with Gasteiger partial charge in [0, 0.05) is 13.1 Å². The van der Waals surface area contributed by atoms with Crippen molar-refractivity contribution in [3.05, 3.63) is 0 Å². The molecule has 2 fully saturated rings. The van der Waals surface area contributed by atoms with E-state index in [4.69, 9.17) is 5.73 Å². The molecule has 0 bridgehead atoms. The van der Waals surface area contributed by atoms with Gasteiger partial charge in [0.05, 0.1) is 0 Å². The molecule has 0 radical (unpaired) electrons. The third-order valence-electron chi connectivity index (χ3n) is 3.97. The Kier molecular flexibility index (Phi) is 4.42. The largest absolute Gasteiger partial charge is 0.330 e. The number of hydrogen-bond acceptors (Lipinski definition) is 3. The number of piperidine rings is 1. The van der Waals surface area contributed by atoms with E-state index in [9.17, 15) is 0 Å². The van der Waals surface area contributed by atoms with E-state index in [0.29, 0.717) is 0 Å². The average molecular weight is 211 g/mol. The lowest BCUT2D eigenvalue weighted by Crippen LogP contribution is -2.40. The van der Waals surface area contributed by atoms with Gasteiger partial charge in [-0.25, -0.2) is 0 Å². The van der Waals surface area contributed by atoms with Gasteiger partial charge in [-0.1, -0.05) is 0 Å². The Hall–Kier alpha value is -0.120. The Morgan fingerprint density at radius 2 is 1.40 bits per heavy atom. The third-order valence-corrected chi connectivity index (χ3v) is 3.97. The van der Waals surface area contributed by atoms with Gasteiger partial charge in [0.1, 0.15) is 0 Å². The molecular weight excluding hydrogens is 186 g/mol. The molecule has 2 N–H and O–H groups in total. The maximum atomic E-state index is 5.70. The second kappa shape index (κ2) is 5.83. The highest BCUT2D eigenvalue weighted by molar-refractivity contribution is 4.74. The van der Waals surface area contributed by atoms with Crippen LogP contribution in [-0.4, -0.2) is 55.6 Å². The molecule has 0 spiro atoms. The van der Waals surface area contributed by atoms with Crippen molar-refractivity contribution < 1.29 is 0 Å². The molecule has 88 valence electrons. The fourth-order valence-electron chi connectivity index (χ4n) is 2.73. The highest BCUT2D eigenvalue weighted by Gasteiger charge is 2.19. The zero-order valence-corrected chi connectivity index (χ0v) is 9.83. The molecule has 0 aromatic rings. The van der Waals surface area contributed by atoms with Crippen molar-refractivity contribution in [2.45, 2.75) is 25.7 Å². The molecule has 2 aliphatic heterocycles. The first-order valence-electron chi connectivity index (χ1n) is 6.53. The Morgan fingerprint density at radius 1 is 0.867 bits per heavy atom. The summed E-state index contributed by atoms with van der Waals surface area (Å²) in [6, 6.07) is 0. The molecule has 0 aliphatic carbocycles. The van der Waals surface area contributed by atoms with Crippen molar-refractivity contribution in [2.75, 3.05) is 45.8 Å². The second-order valence-corrected chi connectivity index (χ2v) is 5.07. The lowest BCUT2D eigenvalue weighted by molar-refractivity contribution is 0.167. The van der Waals surface area contributed by atoms with E-state index in [2.05, 4.69) is 9.80 Å². The van der Waals surface area contributed by atoms with E-state index in [1.165, 1.54) is 65.0 Å². The van der Waals surface area contributed by atoms with Crippen LogP contribution in [0.5, 0.6) is 0 Å². The highest BCUT2D eigenvalue weighted by Crippen LogP contribution is 2.15. The van der Waals surface area contributed by atoms with Gasteiger partial charge in [0.15, 0.2) is 0 Å². The van der Waals surface area contributed by atoms with Crippen LogP contribution in [0.3, 0.4) is 0 Å². The molecule has 0 atom stereocenters. The van der Waals surface area contributed by atoms with Crippen LogP contribution in [0.2, 0.25) is 0 Å². The van der Waals surface area contributed by atoms with Gasteiger partial charge >= 0.3 is 0 Å². The number of hydrogen-bond donors (Lipinski definition) is 1. The summed E-state index contributed by atoms with van der Waals surface area (Å²) in [6.07, 6.45) is 5.46. The summed E-state index contributed by atoms with van der Waals surface area (Å²) < 4.78 is 0. The van der Waals surface area contributed by atoms with Gasteiger partial charge in [0.2, 0.25) is 0 Å². The molecule has 0 amide bonds. The van der Waals surface area contributed by atoms with E-state index in [-0.39, 0.29) is 0 Å². The Labute approximate surface area is 93.6 Å². The monoisotopic (exact) mass is 211 g/mol. The molecule has 2 aliphatic rings. The van der Waals surface area contributed by atoms with E-state index >= 15 is 0 Å². The Bertz CT molecular complexity index is 170. The summed E-state index contributed by atoms with van der Waals surface area (Å²) >= 11 is 0. The van der Waals surface area contributed by atoms with E-state index in [1.807, 2.05) is 0 Å². The first-order chi connectivity index (χ1) is 7.38. The van der Waals surface area contributed by atoms with Crippen LogP contribution in [0.4, 0.5) is 0 Å². The second-order valence-electron chi connectivity index (χ2n) is 5.07. The minimum absolute atomic E-state index is 0.799. The molecule has 0 unspecified atom stereocenters. The summed E-state index contributed by atoms with van der Waals surface area (Å²) in [7, 11) is 0. The summed E-state index contributed by atoms with van der Waals surface area (Å²) in [5.74, 6) is 0.799. The Balaban J connectivity index is 1.59. The summed E-state index contributed by atoms with van der Waals surface area (Å²) in [5.41, 5.74) is 5.70. The van der Waals surface area contributed by atoms with Crippen LogP contribution in [-0.2, 0) is 0 Å². The molecule has 15 heavy (non-hydrogen) atoms. The number of rotatable bonds is 4. The number of nitrogens with zero attached hydrogens (tertiary/aromatic N) is 2. The van der Waals surface area contributed by atoms with Gasteiger partial charge in [-0.05, 0) is 64.3 Å². The van der Waals surface area contributed by atoms with E-state index in [0.717, 1.165) is 12.5 Å². The van der Waals surface area contributed by atoms with Crippen LogP contribution in [0.25, 0.3) is 0 Å². The highest BCUT2D eigenvalue weighted by atomic mass is 15.2. The SMILES string of the molecule is NCC1CCN(CCN2CCCC2)CC1. The van der Waals surface area contributed by atoms with Crippen LogP contribution in [0.1, 0.15) is 25.7 Å². The van der Waals surface area contributed by atoms with Crippen molar-refractivity contribution in [1.29, 1.82) is 0 Å². The first kappa shape index (κ1) is 11.4. The van der Waals surface area contributed by atoms with Gasteiger partial charge in [0.25, 0.3) is 0 Å². The van der Waals surface area contributed by atoms with E-state index in [1.54, 1.807) is 0 Å². The van der Waals surface area contributed by atoms with Gasteiger partial charge in [-0.15, -0.1) is 0 Å². The Morgan fingerprint density at radius 3 is 1.93 bits per heavy atom. The molecule has 2 heterocycles. The maximum absolute atomic E-state index is 5.70. The lowest BCUT2D eigenvalue weighted by atomic mass is 9.97. The van der Waals surface area contributed by atoms with Crippen molar-refractivity contribution in [1.82, 2.24) is 9.80 Å². The third kappa shape index (κ3) is 3.44. The number of likely N-dealkylation sites (tertiary alicyclic amines) is 2. The molecule has 3 nitrogen and oxygen atoms in total. The van der Waals surface area contributed by atoms with Gasteiger partial charge in [-0.3, -0.25) is 0 Å². The lowest BCUT2D eigenvalue weighted by Gasteiger charge is -2.32. The predicted octanol–water partition coefficient (Wildman–Crippen LogP) is 0.753. The summed E-state index contributed by atoms with van der Waals surface area (Å²) in [5, 5.41) is 0. The standard InChI is InChI=1S/C12H25N3/c13-11-12-3-7-15(8-4-12)10-9-14-5-1-2-6-14/h12H,1-11,13H2. The molecular formula is C12H25N3. The first-order valence-corrected chi connectivity index (χ1v) is 6.53. The van der Waals surface area contributed by atoms with E-state index < -0.39 is 0 Å². The smallest absolute Gasteiger partial charge is 0.0109 e. The van der Waals surface area contributed by atoms with Crippen molar-refractivity contribution >= 4 is 0 Å². The summed E-state index contributed by atoms with van der Waals surface area (Å²) in [6.45, 7) is 8.66. The molecule has 2 rings (SSSR count). The zero-order valence-electron chi connectivity index (χ0n) is 9.83. The topological polar surface area (TPSA) is 32.5 Å².